The number of thiophene rings is 1. The first-order valence-electron chi connectivity index (χ1n) is 5.18. The Balaban J connectivity index is 1.96. The average Bonchev–Trinajstić information content (AvgIpc) is 2.83. The largest absolute Gasteiger partial charge is 0.271 e. The molecule has 17 heavy (non-hydrogen) atoms. The molecule has 0 unspecified atom stereocenters. The van der Waals surface area contributed by atoms with Gasteiger partial charge in [-0.05, 0) is 35.9 Å². The van der Waals surface area contributed by atoms with E-state index in [1.54, 1.807) is 29.7 Å². The average molecular weight is 244 g/mol. The fraction of sp³-hybridized carbons (Fsp3) is 0.0769. The quantitative estimate of drug-likeness (QED) is 0.654. The highest BCUT2D eigenvalue weighted by atomic mass is 32.1. The summed E-state index contributed by atoms with van der Waals surface area (Å²) in [5.41, 5.74) is 5.21. The van der Waals surface area contributed by atoms with Crippen LogP contribution in [0, 0.1) is 6.92 Å². The van der Waals surface area contributed by atoms with Crippen LogP contribution in [-0.4, -0.2) is 12.1 Å². The number of hydrogen-bond acceptors (Lipinski definition) is 3. The van der Waals surface area contributed by atoms with Crippen LogP contribution in [-0.2, 0) is 0 Å². The molecule has 0 atom stereocenters. The second kappa shape index (κ2) is 5.41. The molecule has 0 spiro atoms. The molecule has 0 bridgehead atoms. The predicted molar refractivity (Wildman–Crippen MR) is 70.6 cm³/mol. The van der Waals surface area contributed by atoms with E-state index in [1.165, 1.54) is 0 Å². The van der Waals surface area contributed by atoms with E-state index in [2.05, 4.69) is 10.5 Å². The fourth-order valence-corrected chi connectivity index (χ4v) is 1.89. The minimum Gasteiger partial charge on any atom is -0.267 e. The summed E-state index contributed by atoms with van der Waals surface area (Å²) in [6, 6.07) is 9.30. The second-order valence-corrected chi connectivity index (χ2v) is 4.40. The number of benzene rings is 1. The first-order valence-corrected chi connectivity index (χ1v) is 6.12. The predicted octanol–water partition coefficient (Wildman–Crippen LogP) is 2.82. The smallest absolute Gasteiger partial charge is 0.267 e. The summed E-state index contributed by atoms with van der Waals surface area (Å²) in [6.45, 7) is 1.98. The Morgan fingerprint density at radius 3 is 2.71 bits per heavy atom. The summed E-state index contributed by atoms with van der Waals surface area (Å²) in [7, 11) is 0. The number of carbonyl (C=O) groups excluding carboxylic acids is 1. The molecule has 0 fully saturated rings. The third kappa shape index (κ3) is 3.26. The van der Waals surface area contributed by atoms with Gasteiger partial charge in [-0.2, -0.15) is 16.4 Å². The van der Waals surface area contributed by atoms with Gasteiger partial charge in [-0.15, -0.1) is 0 Å². The van der Waals surface area contributed by atoms with Crippen LogP contribution in [0.2, 0.25) is 0 Å². The van der Waals surface area contributed by atoms with Crippen LogP contribution in [0.1, 0.15) is 21.5 Å². The van der Waals surface area contributed by atoms with Crippen LogP contribution in [0.4, 0.5) is 0 Å². The van der Waals surface area contributed by atoms with Crippen molar-refractivity contribution in [2.75, 3.05) is 0 Å². The maximum Gasteiger partial charge on any atom is 0.271 e. The number of aryl methyl sites for hydroxylation is 1. The minimum absolute atomic E-state index is 0.198. The summed E-state index contributed by atoms with van der Waals surface area (Å²) >= 11 is 1.59. The zero-order valence-corrected chi connectivity index (χ0v) is 10.2. The van der Waals surface area contributed by atoms with Crippen LogP contribution in [0.5, 0.6) is 0 Å². The molecule has 0 aliphatic rings. The highest BCUT2D eigenvalue weighted by Gasteiger charge is 2.02. The first-order chi connectivity index (χ1) is 8.25. The molecule has 2 aromatic rings. The van der Waals surface area contributed by atoms with Crippen LogP contribution in [0.25, 0.3) is 0 Å². The molecular weight excluding hydrogens is 232 g/mol. The number of hydrazone groups is 1. The standard InChI is InChI=1S/C13H12N2OS/c1-10-2-4-12(5-3-10)13(16)15-14-8-11-6-7-17-9-11/h2-9H,1H3,(H,15,16)/b14-8+. The van der Waals surface area contributed by atoms with Gasteiger partial charge in [0.15, 0.2) is 0 Å². The number of nitrogens with zero attached hydrogens (tertiary/aromatic N) is 1. The summed E-state index contributed by atoms with van der Waals surface area (Å²) in [6.07, 6.45) is 1.63. The molecule has 1 heterocycles. The van der Waals surface area contributed by atoms with Gasteiger partial charge in [-0.1, -0.05) is 17.7 Å². The van der Waals surface area contributed by atoms with Gasteiger partial charge in [-0.25, -0.2) is 5.43 Å². The molecule has 1 N–H and O–H groups in total. The normalized spacial score (nSPS) is 10.6. The van der Waals surface area contributed by atoms with E-state index in [-0.39, 0.29) is 5.91 Å². The number of amides is 1. The molecule has 1 amide bonds. The molecule has 1 aromatic heterocycles. The van der Waals surface area contributed by atoms with Crippen LogP contribution in [0.3, 0.4) is 0 Å². The van der Waals surface area contributed by atoms with Gasteiger partial charge < -0.3 is 0 Å². The van der Waals surface area contributed by atoms with E-state index in [0.29, 0.717) is 5.56 Å². The van der Waals surface area contributed by atoms with Crippen molar-refractivity contribution in [1.29, 1.82) is 0 Å². The third-order valence-corrected chi connectivity index (χ3v) is 2.94. The minimum atomic E-state index is -0.198. The summed E-state index contributed by atoms with van der Waals surface area (Å²) in [5, 5.41) is 7.82. The Labute approximate surface area is 104 Å². The molecule has 2 rings (SSSR count). The van der Waals surface area contributed by atoms with Crippen molar-refractivity contribution in [3.05, 3.63) is 57.8 Å². The lowest BCUT2D eigenvalue weighted by Gasteiger charge is -1.99. The maximum atomic E-state index is 11.7. The van der Waals surface area contributed by atoms with E-state index in [4.69, 9.17) is 0 Å². The number of nitrogens with one attached hydrogen (secondary N) is 1. The van der Waals surface area contributed by atoms with Crippen LogP contribution >= 0.6 is 11.3 Å². The van der Waals surface area contributed by atoms with Crippen molar-refractivity contribution in [3.8, 4) is 0 Å². The molecule has 3 nitrogen and oxygen atoms in total. The Hall–Kier alpha value is -1.94. The Bertz CT molecular complexity index is 515. The highest BCUT2D eigenvalue weighted by molar-refractivity contribution is 7.08. The lowest BCUT2D eigenvalue weighted by Crippen LogP contribution is -2.17. The molecule has 0 saturated heterocycles. The zero-order valence-electron chi connectivity index (χ0n) is 9.38. The van der Waals surface area contributed by atoms with Crippen molar-refractivity contribution in [2.45, 2.75) is 6.92 Å². The van der Waals surface area contributed by atoms with Crippen molar-refractivity contribution in [3.63, 3.8) is 0 Å². The molecule has 0 radical (unpaired) electrons. The van der Waals surface area contributed by atoms with Gasteiger partial charge in [0.25, 0.3) is 5.91 Å². The van der Waals surface area contributed by atoms with E-state index in [9.17, 15) is 4.79 Å². The van der Waals surface area contributed by atoms with E-state index < -0.39 is 0 Å². The van der Waals surface area contributed by atoms with Gasteiger partial charge in [0.2, 0.25) is 0 Å². The molecule has 86 valence electrons. The van der Waals surface area contributed by atoms with E-state index in [0.717, 1.165) is 11.1 Å². The van der Waals surface area contributed by atoms with Gasteiger partial charge in [0.1, 0.15) is 0 Å². The molecule has 0 aliphatic heterocycles. The van der Waals surface area contributed by atoms with Gasteiger partial charge >= 0.3 is 0 Å². The lowest BCUT2D eigenvalue weighted by atomic mass is 10.1. The Morgan fingerprint density at radius 1 is 1.29 bits per heavy atom. The maximum absolute atomic E-state index is 11.7. The van der Waals surface area contributed by atoms with Crippen molar-refractivity contribution in [2.24, 2.45) is 5.10 Å². The summed E-state index contributed by atoms with van der Waals surface area (Å²) in [4.78, 5) is 11.7. The zero-order chi connectivity index (χ0) is 12.1. The fourth-order valence-electron chi connectivity index (χ4n) is 1.28. The topological polar surface area (TPSA) is 41.5 Å². The van der Waals surface area contributed by atoms with Crippen molar-refractivity contribution >= 4 is 23.5 Å². The van der Waals surface area contributed by atoms with E-state index >= 15 is 0 Å². The second-order valence-electron chi connectivity index (χ2n) is 3.62. The number of rotatable bonds is 3. The van der Waals surface area contributed by atoms with Gasteiger partial charge in [0, 0.05) is 11.1 Å². The first kappa shape index (κ1) is 11.5. The van der Waals surface area contributed by atoms with Crippen molar-refractivity contribution < 1.29 is 4.79 Å². The van der Waals surface area contributed by atoms with Gasteiger partial charge in [0.05, 0.1) is 6.21 Å². The SMILES string of the molecule is Cc1ccc(C(=O)N/N=C/c2ccsc2)cc1. The molecule has 0 aliphatic carbocycles. The van der Waals surface area contributed by atoms with Crippen LogP contribution in [0.15, 0.2) is 46.2 Å². The monoisotopic (exact) mass is 244 g/mol. The lowest BCUT2D eigenvalue weighted by molar-refractivity contribution is 0.0955. The number of hydrogen-bond donors (Lipinski definition) is 1. The third-order valence-electron chi connectivity index (χ3n) is 2.24. The highest BCUT2D eigenvalue weighted by Crippen LogP contribution is 2.03. The van der Waals surface area contributed by atoms with Crippen molar-refractivity contribution in [1.82, 2.24) is 5.43 Å². The molecule has 0 saturated carbocycles. The summed E-state index contributed by atoms with van der Waals surface area (Å²) in [5.74, 6) is -0.198. The van der Waals surface area contributed by atoms with Gasteiger partial charge in [-0.3, -0.25) is 4.79 Å². The molecule has 4 heteroatoms. The number of carbonyl (C=O) groups is 1. The van der Waals surface area contributed by atoms with E-state index in [1.807, 2.05) is 35.9 Å². The summed E-state index contributed by atoms with van der Waals surface area (Å²) < 4.78 is 0. The Kier molecular flexibility index (Phi) is 3.67. The molecule has 1 aromatic carbocycles. The molecular formula is C13H12N2OS. The Morgan fingerprint density at radius 2 is 2.06 bits per heavy atom. The van der Waals surface area contributed by atoms with Crippen LogP contribution < -0.4 is 5.43 Å².